The molecule has 0 spiro atoms. The Morgan fingerprint density at radius 1 is 1.23 bits per heavy atom. The predicted octanol–water partition coefficient (Wildman–Crippen LogP) is 3.14. The molecule has 0 unspecified atom stereocenters. The summed E-state index contributed by atoms with van der Waals surface area (Å²) < 4.78 is 4.92. The molecule has 2 nitrogen and oxygen atoms in total. The summed E-state index contributed by atoms with van der Waals surface area (Å²) in [6.07, 6.45) is 1.58. The van der Waals surface area contributed by atoms with Crippen LogP contribution in [0.3, 0.4) is 0 Å². The van der Waals surface area contributed by atoms with Crippen LogP contribution in [-0.2, 0) is 4.79 Å². The lowest BCUT2D eigenvalue weighted by Crippen LogP contribution is -1.97. The number of rotatable bonds is 3. The first-order valence-electron chi connectivity index (χ1n) is 3.27. The van der Waals surface area contributed by atoms with Crippen molar-refractivity contribution in [3.63, 3.8) is 0 Å². The zero-order valence-corrected chi connectivity index (χ0v) is 8.58. The fourth-order valence-electron chi connectivity index (χ4n) is 0.728. The van der Waals surface area contributed by atoms with Gasteiger partial charge in [-0.1, -0.05) is 34.8 Å². The number of carbonyl (C=O) groups excluding carboxylic acids is 1. The molecule has 5 heteroatoms. The average molecular weight is 238 g/mol. The van der Waals surface area contributed by atoms with Crippen LogP contribution >= 0.6 is 34.8 Å². The molecule has 1 rings (SSSR count). The molecule has 0 aliphatic carbocycles. The van der Waals surface area contributed by atoms with Crippen LogP contribution in [0.15, 0.2) is 12.1 Å². The molecular weight excluding hydrogens is 234 g/mol. The van der Waals surface area contributed by atoms with Crippen LogP contribution in [-0.4, -0.2) is 12.9 Å². The van der Waals surface area contributed by atoms with Crippen molar-refractivity contribution >= 4 is 41.1 Å². The molecule has 1 aromatic rings. The molecule has 0 aliphatic rings. The SMILES string of the molecule is O=[C]COc1cc(Cl)c(Cl)c(Cl)c1. The molecule has 0 fully saturated rings. The summed E-state index contributed by atoms with van der Waals surface area (Å²) in [5, 5.41) is 0.843. The van der Waals surface area contributed by atoms with E-state index in [1.165, 1.54) is 12.1 Å². The van der Waals surface area contributed by atoms with Crippen LogP contribution in [0.5, 0.6) is 5.75 Å². The smallest absolute Gasteiger partial charge is 0.239 e. The van der Waals surface area contributed by atoms with Gasteiger partial charge in [0.15, 0.2) is 6.61 Å². The summed E-state index contributed by atoms with van der Waals surface area (Å²) in [6.45, 7) is -0.158. The molecule has 0 atom stereocenters. The largest absolute Gasteiger partial charge is 0.485 e. The zero-order valence-electron chi connectivity index (χ0n) is 6.31. The highest BCUT2D eigenvalue weighted by Crippen LogP contribution is 2.33. The van der Waals surface area contributed by atoms with Gasteiger partial charge in [-0.15, -0.1) is 0 Å². The topological polar surface area (TPSA) is 26.3 Å². The third kappa shape index (κ3) is 2.76. The number of benzene rings is 1. The Morgan fingerprint density at radius 3 is 2.23 bits per heavy atom. The minimum atomic E-state index is -0.158. The third-order valence-electron chi connectivity index (χ3n) is 1.26. The zero-order chi connectivity index (χ0) is 9.84. The molecule has 1 radical (unpaired) electrons. The van der Waals surface area contributed by atoms with Crippen molar-refractivity contribution in [1.29, 1.82) is 0 Å². The van der Waals surface area contributed by atoms with Crippen LogP contribution in [0.1, 0.15) is 0 Å². The second-order valence-corrected chi connectivity index (χ2v) is 3.33. The maximum absolute atomic E-state index is 9.87. The van der Waals surface area contributed by atoms with Gasteiger partial charge in [-0.2, -0.15) is 0 Å². The number of ether oxygens (including phenoxy) is 1. The van der Waals surface area contributed by atoms with Crippen LogP contribution in [0.2, 0.25) is 15.1 Å². The van der Waals surface area contributed by atoms with E-state index < -0.39 is 0 Å². The summed E-state index contributed by atoms with van der Waals surface area (Å²) in [5.74, 6) is 0.391. The van der Waals surface area contributed by atoms with E-state index in [0.29, 0.717) is 5.75 Å². The quantitative estimate of drug-likeness (QED) is 0.756. The first kappa shape index (κ1) is 10.6. The first-order chi connectivity index (χ1) is 6.15. The Morgan fingerprint density at radius 2 is 1.77 bits per heavy atom. The van der Waals surface area contributed by atoms with E-state index in [9.17, 15) is 4.79 Å². The lowest BCUT2D eigenvalue weighted by molar-refractivity contribution is 0.365. The summed E-state index contributed by atoms with van der Waals surface area (Å²) >= 11 is 17.1. The lowest BCUT2D eigenvalue weighted by atomic mass is 10.3. The van der Waals surface area contributed by atoms with Gasteiger partial charge < -0.3 is 4.74 Å². The molecule has 0 saturated heterocycles. The lowest BCUT2D eigenvalue weighted by Gasteiger charge is -2.04. The summed E-state index contributed by atoms with van der Waals surface area (Å²) in [6, 6.07) is 2.96. The van der Waals surface area contributed by atoms with Gasteiger partial charge >= 0.3 is 0 Å². The van der Waals surface area contributed by atoms with Gasteiger partial charge in [-0.25, -0.2) is 0 Å². The number of halogens is 3. The monoisotopic (exact) mass is 237 g/mol. The van der Waals surface area contributed by atoms with Crippen molar-refractivity contribution in [3.05, 3.63) is 27.2 Å². The maximum atomic E-state index is 9.87. The van der Waals surface area contributed by atoms with Gasteiger partial charge in [0.2, 0.25) is 6.29 Å². The molecule has 0 amide bonds. The third-order valence-corrected chi connectivity index (χ3v) is 2.45. The molecule has 69 valence electrons. The maximum Gasteiger partial charge on any atom is 0.239 e. The Balaban J connectivity index is 2.92. The van der Waals surface area contributed by atoms with Crippen molar-refractivity contribution in [3.8, 4) is 5.75 Å². The van der Waals surface area contributed by atoms with Crippen LogP contribution in [0.25, 0.3) is 0 Å². The first-order valence-corrected chi connectivity index (χ1v) is 4.41. The molecule has 0 heterocycles. The Bertz CT molecular complexity index is 302. The second kappa shape index (κ2) is 4.70. The van der Waals surface area contributed by atoms with Gasteiger partial charge in [0.05, 0.1) is 15.1 Å². The van der Waals surface area contributed by atoms with E-state index in [4.69, 9.17) is 39.5 Å². The minimum absolute atomic E-state index is 0.158. The Kier molecular flexibility index (Phi) is 3.85. The molecular formula is C8H4Cl3O2. The van der Waals surface area contributed by atoms with Crippen molar-refractivity contribution < 1.29 is 9.53 Å². The molecule has 0 N–H and O–H groups in total. The second-order valence-electron chi connectivity index (χ2n) is 2.13. The van der Waals surface area contributed by atoms with E-state index >= 15 is 0 Å². The van der Waals surface area contributed by atoms with E-state index in [1.54, 1.807) is 6.29 Å². The van der Waals surface area contributed by atoms with Crippen LogP contribution < -0.4 is 4.74 Å². The molecule has 0 aromatic heterocycles. The van der Waals surface area contributed by atoms with Crippen molar-refractivity contribution in [2.45, 2.75) is 0 Å². The molecule has 0 saturated carbocycles. The molecule has 1 aromatic carbocycles. The van der Waals surface area contributed by atoms with E-state index in [-0.39, 0.29) is 21.7 Å². The minimum Gasteiger partial charge on any atom is -0.485 e. The predicted molar refractivity (Wildman–Crippen MR) is 52.7 cm³/mol. The van der Waals surface area contributed by atoms with Gasteiger partial charge in [-0.05, 0) is 0 Å². The summed E-state index contributed by atoms with van der Waals surface area (Å²) in [7, 11) is 0. The van der Waals surface area contributed by atoms with Crippen LogP contribution in [0.4, 0.5) is 0 Å². The van der Waals surface area contributed by atoms with Gasteiger partial charge in [0.25, 0.3) is 0 Å². The average Bonchev–Trinajstić information content (AvgIpc) is 2.10. The normalized spacial score (nSPS) is 9.77. The Labute approximate surface area is 90.3 Å². The molecule has 0 bridgehead atoms. The van der Waals surface area contributed by atoms with E-state index in [1.807, 2.05) is 0 Å². The van der Waals surface area contributed by atoms with Gasteiger partial charge in [0, 0.05) is 12.1 Å². The van der Waals surface area contributed by atoms with Crippen molar-refractivity contribution in [2.24, 2.45) is 0 Å². The van der Waals surface area contributed by atoms with Gasteiger partial charge in [-0.3, -0.25) is 4.79 Å². The van der Waals surface area contributed by atoms with Crippen molar-refractivity contribution in [1.82, 2.24) is 0 Å². The fraction of sp³-hybridized carbons (Fsp3) is 0.125. The van der Waals surface area contributed by atoms with E-state index in [2.05, 4.69) is 0 Å². The van der Waals surface area contributed by atoms with Gasteiger partial charge in [0.1, 0.15) is 5.75 Å². The number of hydrogen-bond acceptors (Lipinski definition) is 2. The molecule has 0 aliphatic heterocycles. The summed E-state index contributed by atoms with van der Waals surface area (Å²) in [4.78, 5) is 9.87. The summed E-state index contributed by atoms with van der Waals surface area (Å²) in [5.41, 5.74) is 0. The highest BCUT2D eigenvalue weighted by atomic mass is 35.5. The van der Waals surface area contributed by atoms with Crippen LogP contribution in [0, 0.1) is 0 Å². The number of hydrogen-bond donors (Lipinski definition) is 0. The molecule has 13 heavy (non-hydrogen) atoms. The highest BCUT2D eigenvalue weighted by Gasteiger charge is 2.06. The Hall–Kier alpha value is -0.440. The van der Waals surface area contributed by atoms with E-state index in [0.717, 1.165) is 0 Å². The van der Waals surface area contributed by atoms with Crippen molar-refractivity contribution in [2.75, 3.05) is 6.61 Å². The fourth-order valence-corrected chi connectivity index (χ4v) is 1.30. The standard InChI is InChI=1S/C8H4Cl3O2/c9-6-3-5(13-2-1-12)4-7(10)8(6)11/h3-4H,2H2. The highest BCUT2D eigenvalue weighted by molar-refractivity contribution is 6.48.